The number of imidazole rings is 1. The van der Waals surface area contributed by atoms with Crippen molar-refractivity contribution in [2.75, 3.05) is 6.54 Å². The molecule has 0 radical (unpaired) electrons. The number of amidine groups is 1. The van der Waals surface area contributed by atoms with Crippen LogP contribution >= 0.6 is 11.8 Å². The molecule has 14 heteroatoms. The number of fused-ring (bicyclic) bond motifs is 2. The molecular formula is C20H22F3N7O3S. The van der Waals surface area contributed by atoms with Gasteiger partial charge >= 0.3 is 6.18 Å². The van der Waals surface area contributed by atoms with Gasteiger partial charge in [-0.15, -0.1) is 5.10 Å². The van der Waals surface area contributed by atoms with Crippen molar-refractivity contribution in [2.45, 2.75) is 56.0 Å². The average molecular weight is 498 g/mol. The van der Waals surface area contributed by atoms with Crippen LogP contribution in [0.3, 0.4) is 0 Å². The molecule has 0 spiro atoms. The van der Waals surface area contributed by atoms with Gasteiger partial charge in [-0.25, -0.2) is 9.67 Å². The third kappa shape index (κ3) is 4.26. The highest BCUT2D eigenvalue weighted by Crippen LogP contribution is 2.35. The molecule has 5 atom stereocenters. The number of para-hydroxylation sites is 2. The molecule has 2 aliphatic rings. The van der Waals surface area contributed by atoms with Gasteiger partial charge in [0.05, 0.1) is 36.4 Å². The van der Waals surface area contributed by atoms with Gasteiger partial charge in [0.2, 0.25) is 5.82 Å². The van der Waals surface area contributed by atoms with Gasteiger partial charge in [-0.05, 0) is 19.1 Å². The van der Waals surface area contributed by atoms with Gasteiger partial charge < -0.3 is 24.8 Å². The molecule has 2 aliphatic heterocycles. The summed E-state index contributed by atoms with van der Waals surface area (Å²) in [6.07, 6.45) is -6.21. The molecule has 0 aliphatic carbocycles. The molecule has 3 N–H and O–H groups in total. The first kappa shape index (κ1) is 23.1. The average Bonchev–Trinajstić information content (AvgIpc) is 3.50. The summed E-state index contributed by atoms with van der Waals surface area (Å²) >= 11 is 1.34. The first-order valence-corrected chi connectivity index (χ1v) is 11.5. The van der Waals surface area contributed by atoms with Gasteiger partial charge in [-0.2, -0.15) is 13.2 Å². The molecular weight excluding hydrogens is 475 g/mol. The van der Waals surface area contributed by atoms with E-state index >= 15 is 0 Å². The largest absolute Gasteiger partial charge is 0.449 e. The van der Waals surface area contributed by atoms with Gasteiger partial charge in [0.15, 0.2) is 5.17 Å². The Morgan fingerprint density at radius 3 is 2.79 bits per heavy atom. The van der Waals surface area contributed by atoms with Crippen molar-refractivity contribution in [3.8, 4) is 0 Å². The molecule has 0 bridgehead atoms. The molecule has 2 fully saturated rings. The first-order chi connectivity index (χ1) is 16.2. The number of nitrogens with zero attached hydrogens (tertiary/aromatic N) is 6. The van der Waals surface area contributed by atoms with Gasteiger partial charge in [0.1, 0.15) is 29.4 Å². The number of rotatable bonds is 5. The summed E-state index contributed by atoms with van der Waals surface area (Å²) in [5.41, 5.74) is 0.410. The van der Waals surface area contributed by atoms with Crippen molar-refractivity contribution < 1.29 is 28.1 Å². The number of hydrogen-bond acceptors (Lipinski definition) is 8. The second-order valence-electron chi connectivity index (χ2n) is 8.03. The molecule has 10 nitrogen and oxygen atoms in total. The fourth-order valence-corrected chi connectivity index (χ4v) is 5.35. The van der Waals surface area contributed by atoms with Crippen molar-refractivity contribution >= 4 is 28.0 Å². The lowest BCUT2D eigenvalue weighted by Crippen LogP contribution is -2.59. The monoisotopic (exact) mass is 497 g/mol. The van der Waals surface area contributed by atoms with Crippen LogP contribution in [-0.2, 0) is 24.0 Å². The normalized spacial score (nSPS) is 28.4. The molecule has 0 amide bonds. The second kappa shape index (κ2) is 8.83. The molecule has 0 unspecified atom stereocenters. The summed E-state index contributed by atoms with van der Waals surface area (Å²) in [5, 5.41) is 32.8. The lowest BCUT2D eigenvalue weighted by atomic mass is 9.98. The predicted octanol–water partition coefficient (Wildman–Crippen LogP) is 1.22. The Morgan fingerprint density at radius 1 is 1.24 bits per heavy atom. The second-order valence-corrected chi connectivity index (χ2v) is 9.12. The Kier molecular flexibility index (Phi) is 6.00. The minimum absolute atomic E-state index is 0.0616. The van der Waals surface area contributed by atoms with E-state index in [1.54, 1.807) is 18.2 Å². The van der Waals surface area contributed by atoms with Crippen molar-refractivity contribution in [3.05, 3.63) is 42.0 Å². The zero-order valence-electron chi connectivity index (χ0n) is 17.9. The molecule has 34 heavy (non-hydrogen) atoms. The van der Waals surface area contributed by atoms with Crippen LogP contribution in [0.15, 0.2) is 35.5 Å². The van der Waals surface area contributed by atoms with Crippen LogP contribution in [0.25, 0.3) is 11.0 Å². The number of aliphatic hydroxyl groups excluding tert-OH is 2. The standard InChI is InChI=1S/C20H22F3N7O3S/c1-2-24-19-26-14-16(32)15(31)13(33-17(14)34-19)9-29-7-10(27-28-29)8-30-12-6-4-3-5-11(12)25-18(30)20(21,22)23/h3-7,13-17,31-32H,2,8-9H2,1H3,(H,24,26)/t13-,14-,15-,16-,17-/m1/s1. The summed E-state index contributed by atoms with van der Waals surface area (Å²) in [6, 6.07) is 5.85. The zero-order chi connectivity index (χ0) is 24.0. The van der Waals surface area contributed by atoms with Crippen molar-refractivity contribution in [3.63, 3.8) is 0 Å². The number of nitrogens with one attached hydrogen (secondary N) is 1. The molecule has 3 aromatic rings. The number of aromatic nitrogens is 5. The molecule has 5 rings (SSSR count). The molecule has 0 saturated carbocycles. The minimum Gasteiger partial charge on any atom is -0.388 e. The maximum Gasteiger partial charge on any atom is 0.449 e. The summed E-state index contributed by atoms with van der Waals surface area (Å²) in [5.74, 6) is -1.02. The van der Waals surface area contributed by atoms with E-state index in [-0.39, 0.29) is 24.3 Å². The number of halogens is 3. The fourth-order valence-electron chi connectivity index (χ4n) is 4.15. The Bertz CT molecular complexity index is 1210. The van der Waals surface area contributed by atoms with Crippen LogP contribution < -0.4 is 5.32 Å². The van der Waals surface area contributed by atoms with E-state index in [1.165, 1.54) is 28.7 Å². The summed E-state index contributed by atoms with van der Waals surface area (Å²) < 4.78 is 49.1. The van der Waals surface area contributed by atoms with E-state index in [0.717, 1.165) is 4.57 Å². The fraction of sp³-hybridized carbons (Fsp3) is 0.500. The number of aliphatic hydroxyl groups is 2. The van der Waals surface area contributed by atoms with Crippen LogP contribution in [-0.4, -0.2) is 76.3 Å². The number of benzene rings is 1. The number of ether oxygens (including phenoxy) is 1. The smallest absolute Gasteiger partial charge is 0.388 e. The van der Waals surface area contributed by atoms with Crippen LogP contribution in [0, 0.1) is 0 Å². The maximum absolute atomic E-state index is 13.6. The van der Waals surface area contributed by atoms with Gasteiger partial charge in [0, 0.05) is 6.54 Å². The van der Waals surface area contributed by atoms with Crippen LogP contribution in [0.4, 0.5) is 13.2 Å². The number of aliphatic imine (C=N–C) groups is 1. The third-order valence-corrected chi connectivity index (χ3v) is 6.81. The van der Waals surface area contributed by atoms with E-state index in [1.807, 2.05) is 6.92 Å². The van der Waals surface area contributed by atoms with Crippen molar-refractivity contribution in [1.29, 1.82) is 0 Å². The quantitative estimate of drug-likeness (QED) is 0.481. The SMILES string of the molecule is CCN=C1N[C@@H]2[C@@H](O)[C@H](O)[C@@H](Cn3cc(Cn4c(C(F)(F)F)nc5ccccc54)nn3)O[C@@H]2S1. The van der Waals surface area contributed by atoms with Crippen molar-refractivity contribution in [1.82, 2.24) is 29.9 Å². The zero-order valence-corrected chi connectivity index (χ0v) is 18.7. The van der Waals surface area contributed by atoms with E-state index in [4.69, 9.17) is 4.74 Å². The topological polar surface area (TPSA) is 123 Å². The van der Waals surface area contributed by atoms with E-state index in [0.29, 0.717) is 17.2 Å². The lowest BCUT2D eigenvalue weighted by molar-refractivity contribution is -0.160. The lowest BCUT2D eigenvalue weighted by Gasteiger charge is -2.38. The highest BCUT2D eigenvalue weighted by atomic mass is 32.2. The first-order valence-electron chi connectivity index (χ1n) is 10.7. The van der Waals surface area contributed by atoms with Crippen LogP contribution in [0.2, 0.25) is 0 Å². The van der Waals surface area contributed by atoms with Crippen LogP contribution in [0.5, 0.6) is 0 Å². The minimum atomic E-state index is -4.63. The number of alkyl halides is 3. The molecule has 2 aromatic heterocycles. The number of thioether (sulfide) groups is 1. The predicted molar refractivity (Wildman–Crippen MR) is 117 cm³/mol. The summed E-state index contributed by atoms with van der Waals surface area (Å²) in [6.45, 7) is 2.33. The van der Waals surface area contributed by atoms with Gasteiger partial charge in [-0.3, -0.25) is 4.99 Å². The Hall–Kier alpha value is -2.68. The Balaban J connectivity index is 1.33. The van der Waals surface area contributed by atoms with Gasteiger partial charge in [0.25, 0.3) is 0 Å². The van der Waals surface area contributed by atoms with Gasteiger partial charge in [-0.1, -0.05) is 29.1 Å². The maximum atomic E-state index is 13.6. The van der Waals surface area contributed by atoms with E-state index in [9.17, 15) is 23.4 Å². The summed E-state index contributed by atoms with van der Waals surface area (Å²) in [7, 11) is 0. The van der Waals surface area contributed by atoms with Crippen LogP contribution in [0.1, 0.15) is 18.4 Å². The molecule has 1 aromatic carbocycles. The molecule has 4 heterocycles. The van der Waals surface area contributed by atoms with Crippen molar-refractivity contribution in [2.24, 2.45) is 4.99 Å². The highest BCUT2D eigenvalue weighted by Gasteiger charge is 2.49. The van der Waals surface area contributed by atoms with E-state index < -0.39 is 41.8 Å². The Morgan fingerprint density at radius 2 is 2.03 bits per heavy atom. The third-order valence-electron chi connectivity index (χ3n) is 5.70. The van der Waals surface area contributed by atoms with E-state index in [2.05, 4.69) is 25.6 Å². The molecule has 2 saturated heterocycles. The highest BCUT2D eigenvalue weighted by molar-refractivity contribution is 8.14. The summed E-state index contributed by atoms with van der Waals surface area (Å²) in [4.78, 5) is 8.01. The molecule has 182 valence electrons. The Labute approximate surface area is 195 Å². The number of hydrogen-bond donors (Lipinski definition) is 3.